The highest BCUT2D eigenvalue weighted by Crippen LogP contribution is 2.34. The molecule has 0 radical (unpaired) electrons. The first kappa shape index (κ1) is 10.8. The van der Waals surface area contributed by atoms with Gasteiger partial charge in [0.1, 0.15) is 5.75 Å². The molecule has 0 aromatic heterocycles. The SMILES string of the molecule is NC1CCCC1C(=O)c1cccc2c1OCC2. The molecule has 1 aromatic rings. The van der Waals surface area contributed by atoms with Gasteiger partial charge in [-0.1, -0.05) is 18.6 Å². The zero-order valence-electron chi connectivity index (χ0n) is 9.82. The standard InChI is InChI=1S/C14H17NO2/c15-12-6-2-4-10(12)13(16)11-5-1-3-9-7-8-17-14(9)11/h1,3,5,10,12H,2,4,6-8,15H2. The maximum Gasteiger partial charge on any atom is 0.171 e. The first-order chi connectivity index (χ1) is 8.27. The smallest absolute Gasteiger partial charge is 0.171 e. The number of para-hydroxylation sites is 1. The van der Waals surface area contributed by atoms with E-state index in [2.05, 4.69) is 0 Å². The molecule has 1 aromatic carbocycles. The minimum atomic E-state index is -0.00861. The van der Waals surface area contributed by atoms with Crippen molar-refractivity contribution in [2.24, 2.45) is 11.7 Å². The van der Waals surface area contributed by atoms with Gasteiger partial charge in [0.15, 0.2) is 5.78 Å². The number of hydrogen-bond donors (Lipinski definition) is 1. The third kappa shape index (κ3) is 1.75. The Labute approximate surface area is 101 Å². The van der Waals surface area contributed by atoms with Crippen LogP contribution in [0.2, 0.25) is 0 Å². The number of Topliss-reactive ketones (excluding diaryl/α,β-unsaturated/α-hetero) is 1. The highest BCUT2D eigenvalue weighted by Gasteiger charge is 2.33. The van der Waals surface area contributed by atoms with Crippen molar-refractivity contribution < 1.29 is 9.53 Å². The van der Waals surface area contributed by atoms with Crippen LogP contribution in [-0.2, 0) is 6.42 Å². The molecule has 3 nitrogen and oxygen atoms in total. The number of carbonyl (C=O) groups excluding carboxylic acids is 1. The summed E-state index contributed by atoms with van der Waals surface area (Å²) in [4.78, 5) is 12.5. The lowest BCUT2D eigenvalue weighted by atomic mass is 9.92. The van der Waals surface area contributed by atoms with Crippen LogP contribution in [0.15, 0.2) is 18.2 Å². The Kier molecular flexibility index (Phi) is 2.63. The van der Waals surface area contributed by atoms with Gasteiger partial charge in [-0.05, 0) is 24.5 Å². The highest BCUT2D eigenvalue weighted by atomic mass is 16.5. The molecule has 0 saturated heterocycles. The predicted molar refractivity (Wildman–Crippen MR) is 65.3 cm³/mol. The zero-order valence-corrected chi connectivity index (χ0v) is 9.82. The molecule has 1 fully saturated rings. The summed E-state index contributed by atoms with van der Waals surface area (Å²) < 4.78 is 5.58. The topological polar surface area (TPSA) is 52.3 Å². The minimum Gasteiger partial charge on any atom is -0.492 e. The number of ketones is 1. The molecule has 1 aliphatic heterocycles. The van der Waals surface area contributed by atoms with Crippen LogP contribution < -0.4 is 10.5 Å². The summed E-state index contributed by atoms with van der Waals surface area (Å²) in [5.74, 6) is 0.969. The maximum absolute atomic E-state index is 12.5. The van der Waals surface area contributed by atoms with E-state index < -0.39 is 0 Å². The minimum absolute atomic E-state index is 0.00861. The van der Waals surface area contributed by atoms with Gasteiger partial charge in [-0.2, -0.15) is 0 Å². The molecule has 2 atom stereocenters. The largest absolute Gasteiger partial charge is 0.492 e. The fourth-order valence-electron chi connectivity index (χ4n) is 2.92. The van der Waals surface area contributed by atoms with Gasteiger partial charge in [-0.25, -0.2) is 0 Å². The summed E-state index contributed by atoms with van der Waals surface area (Å²) >= 11 is 0. The Hall–Kier alpha value is -1.35. The lowest BCUT2D eigenvalue weighted by Crippen LogP contribution is -2.30. The third-order valence-corrected chi connectivity index (χ3v) is 3.89. The Morgan fingerprint density at radius 3 is 3.00 bits per heavy atom. The molecular weight excluding hydrogens is 214 g/mol. The fraction of sp³-hybridized carbons (Fsp3) is 0.500. The molecule has 90 valence electrons. The maximum atomic E-state index is 12.5. The molecule has 1 saturated carbocycles. The second kappa shape index (κ2) is 4.15. The van der Waals surface area contributed by atoms with Crippen molar-refractivity contribution in [3.63, 3.8) is 0 Å². The van der Waals surface area contributed by atoms with Crippen LogP contribution in [0.1, 0.15) is 35.2 Å². The molecule has 3 rings (SSSR count). The van der Waals surface area contributed by atoms with Crippen molar-refractivity contribution in [3.05, 3.63) is 29.3 Å². The molecule has 1 aliphatic carbocycles. The average Bonchev–Trinajstić information content (AvgIpc) is 2.95. The Morgan fingerprint density at radius 1 is 1.35 bits per heavy atom. The second-order valence-corrected chi connectivity index (χ2v) is 4.96. The normalized spacial score (nSPS) is 26.6. The van der Waals surface area contributed by atoms with E-state index >= 15 is 0 Å². The molecule has 0 amide bonds. The van der Waals surface area contributed by atoms with Crippen LogP contribution in [0, 0.1) is 5.92 Å². The van der Waals surface area contributed by atoms with Crippen molar-refractivity contribution in [3.8, 4) is 5.75 Å². The van der Waals surface area contributed by atoms with Crippen LogP contribution in [0.5, 0.6) is 5.75 Å². The number of nitrogens with two attached hydrogens (primary N) is 1. The number of ether oxygens (including phenoxy) is 1. The van der Waals surface area contributed by atoms with Crippen LogP contribution >= 0.6 is 0 Å². The van der Waals surface area contributed by atoms with Gasteiger partial charge in [-0.3, -0.25) is 4.79 Å². The number of benzene rings is 1. The van der Waals surface area contributed by atoms with Crippen LogP contribution in [0.4, 0.5) is 0 Å². The van der Waals surface area contributed by atoms with E-state index in [0.29, 0.717) is 6.61 Å². The van der Waals surface area contributed by atoms with E-state index in [4.69, 9.17) is 10.5 Å². The van der Waals surface area contributed by atoms with Crippen molar-refractivity contribution in [2.75, 3.05) is 6.61 Å². The van der Waals surface area contributed by atoms with E-state index in [9.17, 15) is 4.79 Å². The van der Waals surface area contributed by atoms with Gasteiger partial charge in [0.25, 0.3) is 0 Å². The Morgan fingerprint density at radius 2 is 2.24 bits per heavy atom. The quantitative estimate of drug-likeness (QED) is 0.791. The highest BCUT2D eigenvalue weighted by molar-refractivity contribution is 6.01. The van der Waals surface area contributed by atoms with Crippen LogP contribution in [0.3, 0.4) is 0 Å². The van der Waals surface area contributed by atoms with Gasteiger partial charge in [0.2, 0.25) is 0 Å². The fourth-order valence-corrected chi connectivity index (χ4v) is 2.92. The molecular formula is C14H17NO2. The van der Waals surface area contributed by atoms with E-state index in [1.165, 1.54) is 0 Å². The van der Waals surface area contributed by atoms with Crippen molar-refractivity contribution in [1.82, 2.24) is 0 Å². The van der Waals surface area contributed by atoms with Crippen LogP contribution in [-0.4, -0.2) is 18.4 Å². The molecule has 0 spiro atoms. The zero-order chi connectivity index (χ0) is 11.8. The summed E-state index contributed by atoms with van der Waals surface area (Å²) in [6, 6.07) is 5.88. The first-order valence-corrected chi connectivity index (χ1v) is 6.32. The first-order valence-electron chi connectivity index (χ1n) is 6.32. The number of rotatable bonds is 2. The third-order valence-electron chi connectivity index (χ3n) is 3.89. The molecule has 0 bridgehead atoms. The summed E-state index contributed by atoms with van der Waals surface area (Å²) in [5.41, 5.74) is 7.89. The number of hydrogen-bond acceptors (Lipinski definition) is 3. The Bertz CT molecular complexity index is 456. The van der Waals surface area contributed by atoms with Gasteiger partial charge >= 0.3 is 0 Å². The van der Waals surface area contributed by atoms with Crippen molar-refractivity contribution in [1.29, 1.82) is 0 Å². The number of fused-ring (bicyclic) bond motifs is 1. The lowest BCUT2D eigenvalue weighted by molar-refractivity contribution is 0.0910. The van der Waals surface area contributed by atoms with E-state index in [0.717, 1.165) is 42.6 Å². The Balaban J connectivity index is 1.94. The molecule has 2 N–H and O–H groups in total. The monoisotopic (exact) mass is 231 g/mol. The lowest BCUT2D eigenvalue weighted by Gasteiger charge is -2.15. The molecule has 2 unspecified atom stereocenters. The van der Waals surface area contributed by atoms with Gasteiger partial charge < -0.3 is 10.5 Å². The number of carbonyl (C=O) groups is 1. The van der Waals surface area contributed by atoms with Crippen LogP contribution in [0.25, 0.3) is 0 Å². The summed E-state index contributed by atoms with van der Waals surface area (Å²) in [5, 5.41) is 0. The molecule has 17 heavy (non-hydrogen) atoms. The van der Waals surface area contributed by atoms with Gasteiger partial charge in [0.05, 0.1) is 12.2 Å². The van der Waals surface area contributed by atoms with E-state index in [1.807, 2.05) is 18.2 Å². The van der Waals surface area contributed by atoms with E-state index in [1.54, 1.807) is 0 Å². The summed E-state index contributed by atoms with van der Waals surface area (Å²) in [6.07, 6.45) is 3.86. The second-order valence-electron chi connectivity index (χ2n) is 4.96. The van der Waals surface area contributed by atoms with Crippen molar-refractivity contribution >= 4 is 5.78 Å². The van der Waals surface area contributed by atoms with Crippen molar-refractivity contribution in [2.45, 2.75) is 31.7 Å². The average molecular weight is 231 g/mol. The molecule has 2 aliphatic rings. The predicted octanol–water partition coefficient (Wildman–Crippen LogP) is 1.93. The van der Waals surface area contributed by atoms with Gasteiger partial charge in [-0.15, -0.1) is 0 Å². The summed E-state index contributed by atoms with van der Waals surface area (Å²) in [7, 11) is 0. The van der Waals surface area contributed by atoms with Gasteiger partial charge in [0, 0.05) is 18.4 Å². The van der Waals surface area contributed by atoms with E-state index in [-0.39, 0.29) is 17.7 Å². The molecule has 3 heteroatoms. The summed E-state index contributed by atoms with van der Waals surface area (Å²) in [6.45, 7) is 0.691. The molecule has 1 heterocycles.